The molecule has 0 unspecified atom stereocenters. The molecule has 0 bridgehead atoms. The molecule has 1 aromatic carbocycles. The smallest absolute Gasteiger partial charge is 0.183 e. The maximum atomic E-state index is 4.50. The summed E-state index contributed by atoms with van der Waals surface area (Å²) < 4.78 is 3.12. The number of H-pyrrole nitrogens is 1. The Morgan fingerprint density at radius 1 is 1.23 bits per heavy atom. The normalized spacial score (nSPS) is 15.9. The van der Waals surface area contributed by atoms with Crippen LogP contribution >= 0.6 is 11.9 Å². The van der Waals surface area contributed by atoms with Crippen molar-refractivity contribution >= 4 is 17.6 Å². The Kier molecular flexibility index (Phi) is 5.00. The van der Waals surface area contributed by atoms with Crippen molar-refractivity contribution in [2.75, 3.05) is 12.4 Å². The standard InChI is InChI=1S/C16H23N5S/c1-11-18-16(21-20-11)14-10-13(22-17-2)8-9-15(14)19-12-6-4-3-5-7-12/h8-10,12,17,19H,3-7H2,1-2H3,(H,18,20,21). The summed E-state index contributed by atoms with van der Waals surface area (Å²) in [5.74, 6) is 1.60. The topological polar surface area (TPSA) is 65.6 Å². The molecule has 3 N–H and O–H groups in total. The average Bonchev–Trinajstić information content (AvgIpc) is 2.96. The highest BCUT2D eigenvalue weighted by molar-refractivity contribution is 7.97. The summed E-state index contributed by atoms with van der Waals surface area (Å²) in [6.07, 6.45) is 6.50. The zero-order chi connectivity index (χ0) is 15.4. The van der Waals surface area contributed by atoms with Gasteiger partial charge in [0.25, 0.3) is 0 Å². The van der Waals surface area contributed by atoms with E-state index in [-0.39, 0.29) is 0 Å². The van der Waals surface area contributed by atoms with Crippen molar-refractivity contribution in [3.8, 4) is 11.4 Å². The molecule has 1 fully saturated rings. The number of anilines is 1. The number of aromatic nitrogens is 3. The average molecular weight is 317 g/mol. The van der Waals surface area contributed by atoms with Gasteiger partial charge in [0.05, 0.1) is 0 Å². The molecule has 0 spiro atoms. The Bertz CT molecular complexity index is 619. The van der Waals surface area contributed by atoms with Crippen LogP contribution in [-0.4, -0.2) is 28.3 Å². The predicted molar refractivity (Wildman–Crippen MR) is 92.0 cm³/mol. The first-order valence-electron chi connectivity index (χ1n) is 7.90. The van der Waals surface area contributed by atoms with E-state index >= 15 is 0 Å². The molecule has 0 amide bonds. The zero-order valence-electron chi connectivity index (χ0n) is 13.1. The van der Waals surface area contributed by atoms with E-state index < -0.39 is 0 Å². The second-order valence-electron chi connectivity index (χ2n) is 5.74. The van der Waals surface area contributed by atoms with Crippen molar-refractivity contribution in [3.05, 3.63) is 24.0 Å². The largest absolute Gasteiger partial charge is 0.382 e. The molecular formula is C16H23N5S. The fraction of sp³-hybridized carbons (Fsp3) is 0.500. The van der Waals surface area contributed by atoms with Gasteiger partial charge >= 0.3 is 0 Å². The third-order valence-electron chi connectivity index (χ3n) is 4.01. The second kappa shape index (κ2) is 7.15. The number of aryl methyl sites for hydroxylation is 1. The molecule has 1 aliphatic rings. The molecular weight excluding hydrogens is 294 g/mol. The van der Waals surface area contributed by atoms with E-state index in [2.05, 4.69) is 43.4 Å². The quantitative estimate of drug-likeness (QED) is 0.733. The molecule has 118 valence electrons. The highest BCUT2D eigenvalue weighted by Gasteiger charge is 2.17. The van der Waals surface area contributed by atoms with Gasteiger partial charge in [-0.3, -0.25) is 9.82 Å². The van der Waals surface area contributed by atoms with Crippen molar-refractivity contribution in [2.45, 2.75) is 50.0 Å². The SMILES string of the molecule is CNSc1ccc(NC2CCCCC2)c(-c2n[nH]c(C)n2)c1. The van der Waals surface area contributed by atoms with E-state index in [9.17, 15) is 0 Å². The van der Waals surface area contributed by atoms with Crippen LogP contribution < -0.4 is 10.0 Å². The van der Waals surface area contributed by atoms with Crippen LogP contribution in [0.4, 0.5) is 5.69 Å². The second-order valence-corrected chi connectivity index (χ2v) is 6.82. The Morgan fingerprint density at radius 3 is 2.73 bits per heavy atom. The molecule has 0 aliphatic heterocycles. The third-order valence-corrected chi connectivity index (χ3v) is 4.71. The summed E-state index contributed by atoms with van der Waals surface area (Å²) in [5, 5.41) is 11.0. The molecule has 2 aromatic rings. The van der Waals surface area contributed by atoms with E-state index in [1.807, 2.05) is 14.0 Å². The van der Waals surface area contributed by atoms with Gasteiger partial charge in [-0.25, -0.2) is 4.98 Å². The van der Waals surface area contributed by atoms with Crippen LogP contribution in [0.3, 0.4) is 0 Å². The van der Waals surface area contributed by atoms with Gasteiger partial charge in [-0.15, -0.1) is 0 Å². The summed E-state index contributed by atoms with van der Waals surface area (Å²) in [5.41, 5.74) is 2.20. The van der Waals surface area contributed by atoms with Gasteiger partial charge in [-0.1, -0.05) is 19.3 Å². The predicted octanol–water partition coefficient (Wildman–Crippen LogP) is 3.75. The van der Waals surface area contributed by atoms with E-state index in [1.165, 1.54) is 32.1 Å². The monoisotopic (exact) mass is 317 g/mol. The van der Waals surface area contributed by atoms with Crippen LogP contribution in [0.5, 0.6) is 0 Å². The van der Waals surface area contributed by atoms with E-state index in [1.54, 1.807) is 11.9 Å². The van der Waals surface area contributed by atoms with E-state index in [0.717, 1.165) is 27.8 Å². The number of hydrogen-bond acceptors (Lipinski definition) is 5. The molecule has 0 atom stereocenters. The first-order valence-corrected chi connectivity index (χ1v) is 8.71. The first-order chi connectivity index (χ1) is 10.8. The highest BCUT2D eigenvalue weighted by atomic mass is 32.2. The van der Waals surface area contributed by atoms with Crippen LogP contribution in [0.2, 0.25) is 0 Å². The summed E-state index contributed by atoms with van der Waals surface area (Å²) in [6, 6.07) is 7.00. The number of rotatable bonds is 5. The van der Waals surface area contributed by atoms with Gasteiger partial charge in [0.15, 0.2) is 5.82 Å². The lowest BCUT2D eigenvalue weighted by Gasteiger charge is -2.25. The summed E-state index contributed by atoms with van der Waals surface area (Å²) in [7, 11) is 1.93. The Labute approximate surface area is 135 Å². The van der Waals surface area contributed by atoms with Crippen molar-refractivity contribution in [3.63, 3.8) is 0 Å². The van der Waals surface area contributed by atoms with Gasteiger partial charge in [-0.2, -0.15) is 5.10 Å². The molecule has 3 rings (SSSR count). The lowest BCUT2D eigenvalue weighted by atomic mass is 9.95. The molecule has 0 radical (unpaired) electrons. The van der Waals surface area contributed by atoms with Crippen LogP contribution in [0, 0.1) is 6.92 Å². The minimum Gasteiger partial charge on any atom is -0.382 e. The minimum absolute atomic E-state index is 0.565. The molecule has 1 heterocycles. The zero-order valence-corrected chi connectivity index (χ0v) is 14.0. The first kappa shape index (κ1) is 15.4. The summed E-state index contributed by atoms with van der Waals surface area (Å²) in [4.78, 5) is 5.66. The molecule has 5 nitrogen and oxygen atoms in total. The van der Waals surface area contributed by atoms with Crippen molar-refractivity contribution in [1.29, 1.82) is 0 Å². The van der Waals surface area contributed by atoms with Gasteiger partial charge in [0.1, 0.15) is 5.82 Å². The third kappa shape index (κ3) is 3.62. The van der Waals surface area contributed by atoms with Gasteiger partial charge in [0, 0.05) is 22.2 Å². The Balaban J connectivity index is 1.89. The highest BCUT2D eigenvalue weighted by Crippen LogP contribution is 2.32. The van der Waals surface area contributed by atoms with Crippen LogP contribution in [0.1, 0.15) is 37.9 Å². The van der Waals surface area contributed by atoms with Gasteiger partial charge in [0.2, 0.25) is 0 Å². The van der Waals surface area contributed by atoms with Gasteiger partial charge in [-0.05, 0) is 57.0 Å². The number of nitrogens with one attached hydrogen (secondary N) is 3. The van der Waals surface area contributed by atoms with Crippen LogP contribution in [0.15, 0.2) is 23.1 Å². The van der Waals surface area contributed by atoms with Crippen molar-refractivity contribution < 1.29 is 0 Å². The van der Waals surface area contributed by atoms with Crippen molar-refractivity contribution in [1.82, 2.24) is 19.9 Å². The van der Waals surface area contributed by atoms with Gasteiger partial charge < -0.3 is 5.32 Å². The van der Waals surface area contributed by atoms with Crippen LogP contribution in [0.25, 0.3) is 11.4 Å². The Hall–Kier alpha value is -1.53. The Morgan fingerprint density at radius 2 is 2.05 bits per heavy atom. The number of hydrogen-bond donors (Lipinski definition) is 3. The molecule has 22 heavy (non-hydrogen) atoms. The maximum absolute atomic E-state index is 4.50. The summed E-state index contributed by atoms with van der Waals surface area (Å²) >= 11 is 1.60. The molecule has 6 heteroatoms. The maximum Gasteiger partial charge on any atom is 0.183 e. The van der Waals surface area contributed by atoms with Crippen molar-refractivity contribution in [2.24, 2.45) is 0 Å². The number of benzene rings is 1. The fourth-order valence-corrected chi connectivity index (χ4v) is 3.49. The molecule has 1 aromatic heterocycles. The number of aromatic amines is 1. The molecule has 1 saturated carbocycles. The van der Waals surface area contributed by atoms with Crippen LogP contribution in [-0.2, 0) is 0 Å². The lowest BCUT2D eigenvalue weighted by molar-refractivity contribution is 0.463. The molecule has 0 saturated heterocycles. The fourth-order valence-electron chi connectivity index (χ4n) is 2.95. The van der Waals surface area contributed by atoms with E-state index in [0.29, 0.717) is 6.04 Å². The minimum atomic E-state index is 0.565. The molecule has 1 aliphatic carbocycles. The number of nitrogens with zero attached hydrogens (tertiary/aromatic N) is 2. The lowest BCUT2D eigenvalue weighted by Crippen LogP contribution is -2.22. The summed E-state index contributed by atoms with van der Waals surface area (Å²) in [6.45, 7) is 1.93. The van der Waals surface area contributed by atoms with E-state index in [4.69, 9.17) is 0 Å².